The van der Waals surface area contributed by atoms with E-state index in [4.69, 9.17) is 15.2 Å². The van der Waals surface area contributed by atoms with Crippen molar-refractivity contribution in [3.05, 3.63) is 0 Å². The molecule has 0 radical (unpaired) electrons. The van der Waals surface area contributed by atoms with Gasteiger partial charge in [-0.05, 0) is 12.7 Å². The van der Waals surface area contributed by atoms with Crippen LogP contribution in [0.15, 0.2) is 0 Å². The zero-order chi connectivity index (χ0) is 12.3. The zero-order valence-corrected chi connectivity index (χ0v) is 8.70. The largest absolute Gasteiger partial charge is 0.480 e. The quantitative estimate of drug-likeness (QED) is 0.287. The number of aliphatic hydroxyl groups excluding tert-OH is 1. The zero-order valence-electron chi connectivity index (χ0n) is 8.70. The fourth-order valence-electron chi connectivity index (χ4n) is 1.96. The Morgan fingerprint density at radius 2 is 2.12 bits per heavy atom. The molecule has 0 aromatic rings. The summed E-state index contributed by atoms with van der Waals surface area (Å²) in [6.45, 7) is 0.00907. The van der Waals surface area contributed by atoms with Crippen molar-refractivity contribution < 1.29 is 30.2 Å². The van der Waals surface area contributed by atoms with Gasteiger partial charge in [0.2, 0.25) is 0 Å². The molecule has 1 fully saturated rings. The number of aliphatic hydroxyl groups is 2. The fraction of sp³-hybridized carbons (Fsp3) is 0.875. The van der Waals surface area contributed by atoms with Crippen LogP contribution in [0, 0.1) is 0 Å². The van der Waals surface area contributed by atoms with E-state index in [0.29, 0.717) is 0 Å². The van der Waals surface area contributed by atoms with Crippen LogP contribution in [0.5, 0.6) is 0 Å². The van der Waals surface area contributed by atoms with Gasteiger partial charge >= 0.3 is 13.1 Å². The predicted octanol–water partition coefficient (Wildman–Crippen LogP) is -2.61. The van der Waals surface area contributed by atoms with Crippen LogP contribution in [-0.4, -0.2) is 62.7 Å². The Labute approximate surface area is 92.9 Å². The van der Waals surface area contributed by atoms with Crippen molar-refractivity contribution in [3.63, 3.8) is 0 Å². The number of hydrogen-bond acceptors (Lipinski definition) is 6. The van der Waals surface area contributed by atoms with E-state index in [-0.39, 0.29) is 25.7 Å². The third-order valence-electron chi connectivity index (χ3n) is 2.88. The first-order valence-corrected chi connectivity index (χ1v) is 5.10. The van der Waals surface area contributed by atoms with Gasteiger partial charge in [-0.25, -0.2) is 0 Å². The molecule has 0 aliphatic carbocycles. The Morgan fingerprint density at radius 3 is 2.62 bits per heavy atom. The van der Waals surface area contributed by atoms with Crippen LogP contribution >= 0.6 is 0 Å². The normalized spacial score (nSPS) is 34.0. The standard InChI is InChI=1S/C8H16BNO6/c11-5-4-10-6(7(12)13)8(5,14)2-1-3-9(15)16/h5-6,10-11,14-16H,1-4H2,(H,12,13)/t5-,6+,8-/m0/s1. The number of hydrogen-bond donors (Lipinski definition) is 6. The van der Waals surface area contributed by atoms with Crippen LogP contribution in [0.3, 0.4) is 0 Å². The van der Waals surface area contributed by atoms with Gasteiger partial charge in [-0.15, -0.1) is 0 Å². The fourth-order valence-corrected chi connectivity index (χ4v) is 1.96. The monoisotopic (exact) mass is 233 g/mol. The maximum Gasteiger partial charge on any atom is 0.451 e. The number of carbonyl (C=O) groups is 1. The summed E-state index contributed by atoms with van der Waals surface area (Å²) in [5.41, 5.74) is -1.75. The Kier molecular flexibility index (Phi) is 4.28. The van der Waals surface area contributed by atoms with E-state index in [9.17, 15) is 15.0 Å². The molecular weight excluding hydrogens is 217 g/mol. The highest BCUT2D eigenvalue weighted by Crippen LogP contribution is 2.28. The van der Waals surface area contributed by atoms with Crippen molar-refractivity contribution in [2.45, 2.75) is 36.9 Å². The van der Waals surface area contributed by atoms with Crippen molar-refractivity contribution in [1.82, 2.24) is 5.32 Å². The van der Waals surface area contributed by atoms with Gasteiger partial charge in [0.25, 0.3) is 0 Å². The van der Waals surface area contributed by atoms with Gasteiger partial charge < -0.3 is 25.4 Å². The lowest BCUT2D eigenvalue weighted by Gasteiger charge is -2.29. The first-order valence-electron chi connectivity index (χ1n) is 5.10. The summed E-state index contributed by atoms with van der Waals surface area (Å²) in [6, 6.07) is -1.22. The highest BCUT2D eigenvalue weighted by Gasteiger charge is 2.51. The summed E-state index contributed by atoms with van der Waals surface area (Å²) in [4.78, 5) is 10.8. The number of carboxylic acid groups (broad SMARTS) is 1. The van der Waals surface area contributed by atoms with Crippen LogP contribution in [0.1, 0.15) is 12.8 Å². The van der Waals surface area contributed by atoms with Gasteiger partial charge in [0.1, 0.15) is 11.6 Å². The van der Waals surface area contributed by atoms with Crippen molar-refractivity contribution >= 4 is 13.1 Å². The lowest BCUT2D eigenvalue weighted by atomic mass is 9.79. The number of β-amino-alcohol motifs (C(OH)–C–C–N with tert-alkyl or cyclic N) is 1. The highest BCUT2D eigenvalue weighted by molar-refractivity contribution is 6.40. The van der Waals surface area contributed by atoms with Crippen LogP contribution < -0.4 is 5.32 Å². The van der Waals surface area contributed by atoms with Gasteiger partial charge in [0.05, 0.1) is 6.10 Å². The van der Waals surface area contributed by atoms with E-state index < -0.39 is 30.8 Å². The summed E-state index contributed by atoms with van der Waals surface area (Å²) in [5.74, 6) is -1.23. The molecule has 7 nitrogen and oxygen atoms in total. The van der Waals surface area contributed by atoms with E-state index >= 15 is 0 Å². The van der Waals surface area contributed by atoms with Crippen molar-refractivity contribution in [1.29, 1.82) is 0 Å². The molecule has 1 aliphatic rings. The third kappa shape index (κ3) is 2.72. The van der Waals surface area contributed by atoms with E-state index in [0.717, 1.165) is 0 Å². The SMILES string of the molecule is O=C(O)[C@H]1NC[C@H](O)[C@@]1(O)CCCB(O)O. The second-order valence-electron chi connectivity index (χ2n) is 4.06. The Hall–Kier alpha value is -0.665. The smallest absolute Gasteiger partial charge is 0.451 e. The minimum atomic E-state index is -1.75. The first kappa shape index (κ1) is 13.4. The average Bonchev–Trinajstić information content (AvgIpc) is 2.43. The minimum absolute atomic E-state index is 0.00421. The van der Waals surface area contributed by atoms with Crippen molar-refractivity contribution in [2.75, 3.05) is 6.54 Å². The molecular formula is C8H16BNO6. The molecule has 0 unspecified atom stereocenters. The average molecular weight is 233 g/mol. The van der Waals surface area contributed by atoms with Gasteiger partial charge in [-0.3, -0.25) is 10.1 Å². The number of rotatable bonds is 5. The van der Waals surface area contributed by atoms with Crippen LogP contribution in [0.4, 0.5) is 0 Å². The number of nitrogens with one attached hydrogen (secondary N) is 1. The van der Waals surface area contributed by atoms with Crippen LogP contribution in [0.2, 0.25) is 6.32 Å². The van der Waals surface area contributed by atoms with Crippen molar-refractivity contribution in [3.8, 4) is 0 Å². The molecule has 0 spiro atoms. The van der Waals surface area contributed by atoms with Gasteiger partial charge in [-0.1, -0.05) is 6.42 Å². The molecule has 1 heterocycles. The highest BCUT2D eigenvalue weighted by atomic mass is 16.4. The Bertz CT molecular complexity index is 263. The number of carboxylic acids is 1. The first-order chi connectivity index (χ1) is 7.38. The molecule has 6 N–H and O–H groups in total. The van der Waals surface area contributed by atoms with E-state index in [1.54, 1.807) is 0 Å². The summed E-state index contributed by atoms with van der Waals surface area (Å²) < 4.78 is 0. The third-order valence-corrected chi connectivity index (χ3v) is 2.88. The van der Waals surface area contributed by atoms with E-state index in [2.05, 4.69) is 5.32 Å². The Balaban J connectivity index is 2.60. The topological polar surface area (TPSA) is 130 Å². The summed E-state index contributed by atoms with van der Waals surface area (Å²) >= 11 is 0. The molecule has 1 rings (SSSR count). The molecule has 0 aromatic heterocycles. The van der Waals surface area contributed by atoms with E-state index in [1.807, 2.05) is 0 Å². The lowest BCUT2D eigenvalue weighted by molar-refractivity contribution is -0.149. The van der Waals surface area contributed by atoms with Gasteiger partial charge in [0, 0.05) is 6.54 Å². The Morgan fingerprint density at radius 1 is 1.50 bits per heavy atom. The second kappa shape index (κ2) is 5.11. The molecule has 0 bridgehead atoms. The molecule has 16 heavy (non-hydrogen) atoms. The summed E-state index contributed by atoms with van der Waals surface area (Å²) in [6.07, 6.45) is -0.919. The second-order valence-corrected chi connectivity index (χ2v) is 4.06. The summed E-state index contributed by atoms with van der Waals surface area (Å²) in [7, 11) is -1.49. The predicted molar refractivity (Wildman–Crippen MR) is 54.6 cm³/mol. The molecule has 1 aliphatic heterocycles. The molecule has 8 heteroatoms. The summed E-state index contributed by atoms with van der Waals surface area (Å²) in [5, 5.41) is 48.2. The van der Waals surface area contributed by atoms with Gasteiger partial charge in [-0.2, -0.15) is 0 Å². The van der Waals surface area contributed by atoms with Gasteiger partial charge in [0.15, 0.2) is 0 Å². The minimum Gasteiger partial charge on any atom is -0.480 e. The maximum atomic E-state index is 10.8. The molecule has 0 saturated carbocycles. The molecule has 0 amide bonds. The molecule has 1 saturated heterocycles. The van der Waals surface area contributed by atoms with Crippen molar-refractivity contribution in [2.24, 2.45) is 0 Å². The van der Waals surface area contributed by atoms with Crippen LogP contribution in [-0.2, 0) is 4.79 Å². The molecule has 0 aromatic carbocycles. The van der Waals surface area contributed by atoms with E-state index in [1.165, 1.54) is 0 Å². The lowest BCUT2D eigenvalue weighted by Crippen LogP contribution is -2.52. The number of aliphatic carboxylic acids is 1. The van der Waals surface area contributed by atoms with Crippen LogP contribution in [0.25, 0.3) is 0 Å². The maximum absolute atomic E-state index is 10.8. The molecule has 3 atom stereocenters. The molecule has 92 valence electrons.